The number of nitrogens with zero attached hydrogens (tertiary/aromatic N) is 4. The Balaban J connectivity index is 2.31. The van der Waals surface area contributed by atoms with Crippen LogP contribution in [0.4, 0.5) is 19.0 Å². The molecule has 1 fully saturated rings. The molecule has 1 aromatic rings. The molecule has 0 aromatic carbocycles. The monoisotopic (exact) mass is 290 g/mol. The second-order valence-electron chi connectivity index (χ2n) is 4.21. The van der Waals surface area contributed by atoms with Gasteiger partial charge in [0, 0.05) is 18.7 Å². The van der Waals surface area contributed by atoms with Crippen molar-refractivity contribution in [1.29, 1.82) is 5.26 Å². The van der Waals surface area contributed by atoms with E-state index in [1.54, 1.807) is 4.90 Å². The van der Waals surface area contributed by atoms with Crippen LogP contribution in [0, 0.1) is 11.3 Å². The van der Waals surface area contributed by atoms with Gasteiger partial charge in [0.25, 0.3) is 0 Å². The largest absolute Gasteiger partial charge is 0.433 e. The molecular formula is C11H10ClF3N4. The van der Waals surface area contributed by atoms with E-state index >= 15 is 0 Å². The molecule has 8 heteroatoms. The van der Waals surface area contributed by atoms with Gasteiger partial charge in [0.15, 0.2) is 5.69 Å². The number of alkyl halides is 3. The lowest BCUT2D eigenvalue weighted by molar-refractivity contribution is -0.141. The van der Waals surface area contributed by atoms with Crippen LogP contribution in [0.3, 0.4) is 0 Å². The summed E-state index contributed by atoms with van der Waals surface area (Å²) in [7, 11) is 0. The standard InChI is InChI=1S/C11H10ClF3N4/c12-10-17-8(11(13,14)15)6-9(18-10)19(5-1-4-16)7-2-3-7/h6-7H,1-3,5H2. The zero-order valence-corrected chi connectivity index (χ0v) is 10.5. The highest BCUT2D eigenvalue weighted by Crippen LogP contribution is 2.34. The molecule has 102 valence electrons. The van der Waals surface area contributed by atoms with Crippen LogP contribution in [0.5, 0.6) is 0 Å². The number of rotatable bonds is 4. The zero-order chi connectivity index (χ0) is 14.0. The fourth-order valence-electron chi connectivity index (χ4n) is 1.74. The Morgan fingerprint density at radius 1 is 1.42 bits per heavy atom. The van der Waals surface area contributed by atoms with Gasteiger partial charge in [-0.2, -0.15) is 18.4 Å². The third-order valence-electron chi connectivity index (χ3n) is 2.72. The highest BCUT2D eigenvalue weighted by molar-refractivity contribution is 6.28. The van der Waals surface area contributed by atoms with Gasteiger partial charge < -0.3 is 4.90 Å². The van der Waals surface area contributed by atoms with Crippen molar-refractivity contribution < 1.29 is 13.2 Å². The molecule has 1 saturated carbocycles. The highest BCUT2D eigenvalue weighted by atomic mass is 35.5. The molecule has 0 unspecified atom stereocenters. The Kier molecular flexibility index (Phi) is 3.80. The lowest BCUT2D eigenvalue weighted by atomic mass is 10.3. The van der Waals surface area contributed by atoms with Gasteiger partial charge in [-0.3, -0.25) is 0 Å². The quantitative estimate of drug-likeness (QED) is 0.800. The Labute approximate surface area is 112 Å². The van der Waals surface area contributed by atoms with Crippen molar-refractivity contribution in [2.45, 2.75) is 31.5 Å². The van der Waals surface area contributed by atoms with Gasteiger partial charge in [0.2, 0.25) is 5.28 Å². The van der Waals surface area contributed by atoms with Crippen molar-refractivity contribution in [3.8, 4) is 6.07 Å². The average molecular weight is 291 g/mol. The molecule has 2 rings (SSSR count). The van der Waals surface area contributed by atoms with Crippen LogP contribution in [0.25, 0.3) is 0 Å². The molecule has 1 heterocycles. The molecular weight excluding hydrogens is 281 g/mol. The Morgan fingerprint density at radius 3 is 2.63 bits per heavy atom. The smallest absolute Gasteiger partial charge is 0.352 e. The van der Waals surface area contributed by atoms with Gasteiger partial charge >= 0.3 is 6.18 Å². The molecule has 19 heavy (non-hydrogen) atoms. The summed E-state index contributed by atoms with van der Waals surface area (Å²) < 4.78 is 38.0. The Morgan fingerprint density at radius 2 is 2.11 bits per heavy atom. The average Bonchev–Trinajstić information content (AvgIpc) is 3.12. The molecule has 1 aliphatic carbocycles. The lowest BCUT2D eigenvalue weighted by Crippen LogP contribution is -2.28. The minimum Gasteiger partial charge on any atom is -0.352 e. The molecule has 4 nitrogen and oxygen atoms in total. The number of nitriles is 1. The van der Waals surface area contributed by atoms with E-state index in [2.05, 4.69) is 9.97 Å². The van der Waals surface area contributed by atoms with Crippen molar-refractivity contribution in [2.24, 2.45) is 0 Å². The second-order valence-corrected chi connectivity index (χ2v) is 4.55. The van der Waals surface area contributed by atoms with E-state index in [0.717, 1.165) is 18.9 Å². The number of hydrogen-bond donors (Lipinski definition) is 0. The van der Waals surface area contributed by atoms with Crippen molar-refractivity contribution in [3.63, 3.8) is 0 Å². The first-order valence-corrected chi connectivity index (χ1v) is 6.05. The van der Waals surface area contributed by atoms with Crippen LogP contribution in [0.2, 0.25) is 5.28 Å². The summed E-state index contributed by atoms with van der Waals surface area (Å²) in [6, 6.07) is 2.99. The molecule has 0 atom stereocenters. The van der Waals surface area contributed by atoms with E-state index in [1.165, 1.54) is 0 Å². The third-order valence-corrected chi connectivity index (χ3v) is 2.89. The molecule has 1 aromatic heterocycles. The predicted molar refractivity (Wildman–Crippen MR) is 62.6 cm³/mol. The molecule has 0 saturated heterocycles. The first-order valence-electron chi connectivity index (χ1n) is 5.67. The second kappa shape index (κ2) is 5.21. The van der Waals surface area contributed by atoms with E-state index in [0.29, 0.717) is 6.54 Å². The Bertz CT molecular complexity index is 508. The van der Waals surface area contributed by atoms with Crippen molar-refractivity contribution in [3.05, 3.63) is 17.0 Å². The predicted octanol–water partition coefficient (Wildman–Crippen LogP) is 3.03. The Hall–Kier alpha value is -1.55. The summed E-state index contributed by atoms with van der Waals surface area (Å²) in [5, 5.41) is 8.15. The molecule has 0 spiro atoms. The van der Waals surface area contributed by atoms with Crippen LogP contribution in [-0.2, 0) is 6.18 Å². The number of anilines is 1. The van der Waals surface area contributed by atoms with Crippen LogP contribution >= 0.6 is 11.6 Å². The van der Waals surface area contributed by atoms with Gasteiger partial charge in [-0.15, -0.1) is 0 Å². The van der Waals surface area contributed by atoms with E-state index in [-0.39, 0.29) is 18.3 Å². The third kappa shape index (κ3) is 3.47. The molecule has 0 radical (unpaired) electrons. The maximum Gasteiger partial charge on any atom is 0.433 e. The van der Waals surface area contributed by atoms with E-state index in [9.17, 15) is 13.2 Å². The van der Waals surface area contributed by atoms with Gasteiger partial charge in [0.05, 0.1) is 12.5 Å². The first-order chi connectivity index (χ1) is 8.91. The van der Waals surface area contributed by atoms with Gasteiger partial charge in [-0.25, -0.2) is 9.97 Å². The molecule has 0 N–H and O–H groups in total. The van der Waals surface area contributed by atoms with Crippen molar-refractivity contribution in [2.75, 3.05) is 11.4 Å². The van der Waals surface area contributed by atoms with E-state index < -0.39 is 17.2 Å². The van der Waals surface area contributed by atoms with Gasteiger partial charge in [0.1, 0.15) is 5.82 Å². The van der Waals surface area contributed by atoms with Gasteiger partial charge in [-0.05, 0) is 24.4 Å². The van der Waals surface area contributed by atoms with Crippen LogP contribution in [0.15, 0.2) is 6.07 Å². The number of aromatic nitrogens is 2. The molecule has 0 bridgehead atoms. The van der Waals surface area contributed by atoms with Crippen LogP contribution in [0.1, 0.15) is 25.0 Å². The molecule has 0 aliphatic heterocycles. The van der Waals surface area contributed by atoms with E-state index in [4.69, 9.17) is 16.9 Å². The number of hydrogen-bond acceptors (Lipinski definition) is 4. The SMILES string of the molecule is N#CCCN(c1cc(C(F)(F)F)nc(Cl)n1)C1CC1. The maximum atomic E-state index is 12.7. The summed E-state index contributed by atoms with van der Waals surface area (Å²) in [6.07, 6.45) is -2.58. The van der Waals surface area contributed by atoms with Crippen molar-refractivity contribution in [1.82, 2.24) is 9.97 Å². The minimum absolute atomic E-state index is 0.130. The zero-order valence-electron chi connectivity index (χ0n) is 9.78. The summed E-state index contributed by atoms with van der Waals surface area (Å²) in [5.74, 6) is 0.130. The molecule has 0 amide bonds. The highest BCUT2D eigenvalue weighted by Gasteiger charge is 2.36. The molecule has 1 aliphatic rings. The van der Waals surface area contributed by atoms with E-state index in [1.807, 2.05) is 6.07 Å². The van der Waals surface area contributed by atoms with Gasteiger partial charge in [-0.1, -0.05) is 0 Å². The summed E-state index contributed by atoms with van der Waals surface area (Å²) in [4.78, 5) is 8.70. The van der Waals surface area contributed by atoms with Crippen LogP contribution < -0.4 is 4.90 Å². The van der Waals surface area contributed by atoms with Crippen molar-refractivity contribution >= 4 is 17.4 Å². The van der Waals surface area contributed by atoms with Crippen LogP contribution in [-0.4, -0.2) is 22.6 Å². The number of halogens is 4. The minimum atomic E-state index is -4.56. The summed E-state index contributed by atoms with van der Waals surface area (Å²) >= 11 is 5.55. The summed E-state index contributed by atoms with van der Waals surface area (Å²) in [5.41, 5.74) is -1.06. The fourth-order valence-corrected chi connectivity index (χ4v) is 1.92. The lowest BCUT2D eigenvalue weighted by Gasteiger charge is -2.23. The fraction of sp³-hybridized carbons (Fsp3) is 0.545. The normalized spacial score (nSPS) is 15.1. The topological polar surface area (TPSA) is 52.8 Å². The first kappa shape index (κ1) is 13.9. The maximum absolute atomic E-state index is 12.7. The summed E-state index contributed by atoms with van der Waals surface area (Å²) in [6.45, 7) is 0.339.